The van der Waals surface area contributed by atoms with Gasteiger partial charge in [0.15, 0.2) is 0 Å². The van der Waals surface area contributed by atoms with E-state index in [2.05, 4.69) is 8.53 Å². The van der Waals surface area contributed by atoms with E-state index in [4.69, 9.17) is 12.2 Å². The Hall–Kier alpha value is -0.490. The highest BCUT2D eigenvalue weighted by Gasteiger charge is 2.01. The van der Waals surface area contributed by atoms with E-state index in [0.29, 0.717) is 10.4 Å². The molecule has 1 atom stereocenters. The molecule has 0 aliphatic carbocycles. The van der Waals surface area contributed by atoms with Gasteiger partial charge in [0.1, 0.15) is 5.30 Å². The zero-order valence-electron chi connectivity index (χ0n) is 8.48. The molecule has 80 valence electrons. The summed E-state index contributed by atoms with van der Waals surface area (Å²) in [6, 6.07) is 5.42. The van der Waals surface area contributed by atoms with Gasteiger partial charge in [-0.15, -0.1) is 0 Å². The Balaban J connectivity index is 3.73. The van der Waals surface area contributed by atoms with Crippen molar-refractivity contribution in [2.75, 3.05) is 0 Å². The van der Waals surface area contributed by atoms with Crippen molar-refractivity contribution in [3.05, 3.63) is 28.6 Å². The molecule has 2 nitrogen and oxygen atoms in total. The van der Waals surface area contributed by atoms with Crippen LogP contribution in [0, 0.1) is 0 Å². The van der Waals surface area contributed by atoms with Crippen LogP contribution in [0.15, 0.2) is 18.2 Å². The van der Waals surface area contributed by atoms with Crippen LogP contribution in [0.1, 0.15) is 13.8 Å². The molecule has 1 aromatic carbocycles. The average Bonchev–Trinajstić information content (AvgIpc) is 2.16. The zero-order valence-corrected chi connectivity index (χ0v) is 11.2. The van der Waals surface area contributed by atoms with Crippen molar-refractivity contribution in [1.29, 1.82) is 0 Å². The zero-order chi connectivity index (χ0) is 11.6. The Kier molecular flexibility index (Phi) is 4.21. The van der Waals surface area contributed by atoms with Gasteiger partial charge in [-0.3, -0.25) is 0 Å². The molecule has 0 spiro atoms. The van der Waals surface area contributed by atoms with Crippen LogP contribution < -0.4 is 15.7 Å². The van der Waals surface area contributed by atoms with Crippen molar-refractivity contribution < 1.29 is 10.2 Å². The van der Waals surface area contributed by atoms with E-state index in [9.17, 15) is 10.2 Å². The van der Waals surface area contributed by atoms with Gasteiger partial charge in [-0.2, -0.15) is 0 Å². The largest absolute Gasteiger partial charge is 0.512 e. The van der Waals surface area contributed by atoms with Crippen LogP contribution in [-0.4, -0.2) is 10.2 Å². The summed E-state index contributed by atoms with van der Waals surface area (Å²) in [5, 5.41) is 21.2. The van der Waals surface area contributed by atoms with Gasteiger partial charge in [-0.25, -0.2) is 0 Å². The third-order valence-corrected chi connectivity index (χ3v) is 4.17. The molecule has 1 unspecified atom stereocenters. The molecule has 0 saturated heterocycles. The Labute approximate surface area is 96.9 Å². The van der Waals surface area contributed by atoms with Crippen LogP contribution >= 0.6 is 14.9 Å². The maximum absolute atomic E-state index is 9.51. The second kappa shape index (κ2) is 5.03. The molecular weight excluding hydrogens is 246 g/mol. The molecule has 15 heavy (non-hydrogen) atoms. The lowest BCUT2D eigenvalue weighted by atomic mass is 10.2. The Morgan fingerprint density at radius 3 is 2.13 bits per heavy atom. The van der Waals surface area contributed by atoms with Gasteiger partial charge >= 0.3 is 0 Å². The summed E-state index contributed by atoms with van der Waals surface area (Å²) in [4.78, 5) is 0. The lowest BCUT2D eigenvalue weighted by Gasteiger charge is -1.99. The molecule has 0 bridgehead atoms. The standard InChI is InChI=1S/C10H12O2P2S/c1-6(11)9-4-3-8(14(13)15)5-10(9)7(2)12/h3-5,11-13H,1-2H3. The number of aliphatic hydroxyl groups excluding tert-OH is 2. The van der Waals surface area contributed by atoms with E-state index in [-0.39, 0.29) is 11.5 Å². The number of hydrogen-bond donors (Lipinski definition) is 2. The average molecular weight is 258 g/mol. The van der Waals surface area contributed by atoms with Gasteiger partial charge in [0.05, 0.1) is 20.0 Å². The Morgan fingerprint density at radius 2 is 1.73 bits per heavy atom. The predicted octanol–water partition coefficient (Wildman–Crippen LogP) is 1.69. The molecule has 0 amide bonds. The first-order valence-corrected chi connectivity index (χ1v) is 8.01. The van der Waals surface area contributed by atoms with Crippen LogP contribution in [0.3, 0.4) is 0 Å². The molecule has 1 aromatic rings. The minimum Gasteiger partial charge on any atom is -0.512 e. The van der Waals surface area contributed by atoms with Crippen molar-refractivity contribution in [2.24, 2.45) is 0 Å². The first kappa shape index (κ1) is 12.6. The summed E-state index contributed by atoms with van der Waals surface area (Å²) in [7, 11) is 3.40. The maximum atomic E-state index is 9.51. The van der Waals surface area contributed by atoms with Gasteiger partial charge in [-0.05, 0) is 32.0 Å². The SMILES string of the molecule is CC(O)=c1ccc([P+](=P)[S-])cc1=C(C)O. The highest BCUT2D eigenvalue weighted by atomic mass is 32.8. The molecule has 0 heterocycles. The van der Waals surface area contributed by atoms with Crippen molar-refractivity contribution in [1.82, 2.24) is 0 Å². The van der Waals surface area contributed by atoms with Crippen LogP contribution in [0.25, 0.3) is 11.5 Å². The fourth-order valence-corrected chi connectivity index (χ4v) is 2.49. The lowest BCUT2D eigenvalue weighted by Crippen LogP contribution is -2.31. The number of hydrogen-bond acceptors (Lipinski definition) is 3. The van der Waals surface area contributed by atoms with Crippen molar-refractivity contribution >= 4 is 44.0 Å². The molecule has 0 aliphatic rings. The van der Waals surface area contributed by atoms with Crippen LogP contribution in [0.2, 0.25) is 0 Å². The summed E-state index contributed by atoms with van der Waals surface area (Å²) in [5.74, 6) is 0.367. The normalized spacial score (nSPS) is 15.8. The third kappa shape index (κ3) is 2.98. The summed E-state index contributed by atoms with van der Waals surface area (Å²) < 4.78 is 0. The molecule has 0 aliphatic heterocycles. The fourth-order valence-electron chi connectivity index (χ4n) is 1.27. The van der Waals surface area contributed by atoms with Gasteiger partial charge in [0.2, 0.25) is 0 Å². The smallest absolute Gasteiger partial charge is 0.129 e. The highest BCUT2D eigenvalue weighted by molar-refractivity contribution is 8.43. The minimum atomic E-state index is -0.795. The van der Waals surface area contributed by atoms with E-state index < -0.39 is 6.41 Å². The molecule has 2 N–H and O–H groups in total. The number of benzene rings is 1. The van der Waals surface area contributed by atoms with Crippen LogP contribution in [-0.2, 0) is 12.2 Å². The van der Waals surface area contributed by atoms with Crippen LogP contribution in [0.4, 0.5) is 0 Å². The maximum Gasteiger partial charge on any atom is 0.129 e. The van der Waals surface area contributed by atoms with E-state index >= 15 is 0 Å². The molecule has 5 heteroatoms. The quantitative estimate of drug-likeness (QED) is 0.595. The predicted molar refractivity (Wildman–Crippen MR) is 71.3 cm³/mol. The fraction of sp³-hybridized carbons (Fsp3) is 0.200. The van der Waals surface area contributed by atoms with Crippen molar-refractivity contribution in [2.45, 2.75) is 13.8 Å². The van der Waals surface area contributed by atoms with Crippen molar-refractivity contribution in [3.8, 4) is 0 Å². The van der Waals surface area contributed by atoms with Gasteiger partial charge in [0, 0.05) is 16.8 Å². The summed E-state index contributed by atoms with van der Waals surface area (Å²) in [6.07, 6.45) is -0.795. The molecule has 0 fully saturated rings. The van der Waals surface area contributed by atoms with Crippen molar-refractivity contribution in [3.63, 3.8) is 0 Å². The summed E-state index contributed by atoms with van der Waals surface area (Å²) >= 11 is 5.12. The first-order valence-electron chi connectivity index (χ1n) is 4.32. The summed E-state index contributed by atoms with van der Waals surface area (Å²) in [5.41, 5.74) is 0. The van der Waals surface area contributed by atoms with E-state index in [0.717, 1.165) is 5.30 Å². The topological polar surface area (TPSA) is 40.5 Å². The van der Waals surface area contributed by atoms with Gasteiger partial charge in [0.25, 0.3) is 0 Å². The van der Waals surface area contributed by atoms with E-state index in [1.54, 1.807) is 26.0 Å². The monoisotopic (exact) mass is 258 g/mol. The molecule has 0 radical (unpaired) electrons. The Bertz CT molecular complexity index is 515. The second-order valence-corrected chi connectivity index (χ2v) is 7.71. The molecule has 0 aromatic heterocycles. The van der Waals surface area contributed by atoms with E-state index in [1.165, 1.54) is 0 Å². The van der Waals surface area contributed by atoms with Crippen LogP contribution in [0.5, 0.6) is 0 Å². The minimum absolute atomic E-state index is 0.179. The summed E-state index contributed by atoms with van der Waals surface area (Å²) in [6.45, 7) is 3.18. The van der Waals surface area contributed by atoms with E-state index in [1.807, 2.05) is 6.07 Å². The number of aliphatic hydroxyl groups is 2. The van der Waals surface area contributed by atoms with Gasteiger partial charge < -0.3 is 22.5 Å². The highest BCUT2D eigenvalue weighted by Crippen LogP contribution is 2.21. The molecular formula is C10H12O2P2S. The first-order chi connectivity index (χ1) is 6.93. The van der Waals surface area contributed by atoms with Gasteiger partial charge in [-0.1, -0.05) is 0 Å². The second-order valence-electron chi connectivity index (χ2n) is 3.20. The number of rotatable bonds is 1. The lowest BCUT2D eigenvalue weighted by molar-refractivity contribution is 0.490. The molecule has 0 saturated carbocycles. The molecule has 1 rings (SSSR count). The Morgan fingerprint density at radius 1 is 1.20 bits per heavy atom. The third-order valence-electron chi connectivity index (χ3n) is 2.02.